The van der Waals surface area contributed by atoms with Crippen molar-refractivity contribution in [2.45, 2.75) is 23.6 Å². The van der Waals surface area contributed by atoms with Crippen LogP contribution in [0, 0.1) is 13.8 Å². The summed E-state index contributed by atoms with van der Waals surface area (Å²) in [5, 5.41) is 0. The molecule has 0 aliphatic rings. The van der Waals surface area contributed by atoms with E-state index < -0.39 is 9.84 Å². The van der Waals surface area contributed by atoms with E-state index in [4.69, 9.17) is 20.9 Å². The Labute approximate surface area is 193 Å². The molecule has 0 saturated heterocycles. The van der Waals surface area contributed by atoms with Gasteiger partial charge in [0.2, 0.25) is 9.84 Å². The van der Waals surface area contributed by atoms with E-state index in [-0.39, 0.29) is 9.79 Å². The number of anilines is 2. The molecule has 0 unspecified atom stereocenters. The van der Waals surface area contributed by atoms with Gasteiger partial charge < -0.3 is 20.9 Å². The molecule has 0 aliphatic carbocycles. The second-order valence-corrected chi connectivity index (χ2v) is 9.66. The molecule has 0 fully saturated rings. The molecule has 168 valence electrons. The molecule has 6 nitrogen and oxygen atoms in total. The summed E-state index contributed by atoms with van der Waals surface area (Å²) in [5.74, 6) is 2.28. The fraction of sp³-hybridized carbons (Fsp3) is 0.0769. The lowest BCUT2D eigenvalue weighted by atomic mass is 10.2. The van der Waals surface area contributed by atoms with Crippen LogP contribution in [0.3, 0.4) is 0 Å². The average Bonchev–Trinajstić information content (AvgIpc) is 2.76. The van der Waals surface area contributed by atoms with Gasteiger partial charge in [-0.3, -0.25) is 0 Å². The average molecular weight is 461 g/mol. The molecule has 0 spiro atoms. The fourth-order valence-electron chi connectivity index (χ4n) is 3.35. The van der Waals surface area contributed by atoms with Crippen LogP contribution in [0.25, 0.3) is 0 Å². The SMILES string of the molecule is Cc1cc(S(=O)(=O)c2ccc(Oc3cccc(N)c3)c(C)c2)ccc1Oc1cccc(N)c1. The molecule has 4 aromatic carbocycles. The standard InChI is InChI=1S/C26H24N2O4S/c1-17-13-23(9-11-25(17)31-21-7-3-5-19(27)15-21)33(29,30)24-10-12-26(18(2)14-24)32-22-8-4-6-20(28)16-22/h3-16H,27-28H2,1-2H3. The normalized spacial score (nSPS) is 11.2. The van der Waals surface area contributed by atoms with Gasteiger partial charge in [-0.2, -0.15) is 0 Å². The van der Waals surface area contributed by atoms with Crippen LogP contribution < -0.4 is 20.9 Å². The van der Waals surface area contributed by atoms with Crippen molar-refractivity contribution in [3.05, 3.63) is 96.1 Å². The lowest BCUT2D eigenvalue weighted by Gasteiger charge is -2.13. The maximum Gasteiger partial charge on any atom is 0.206 e. The number of rotatable bonds is 6. The molecule has 0 aromatic heterocycles. The number of sulfone groups is 1. The number of hydrogen-bond acceptors (Lipinski definition) is 6. The molecule has 0 saturated carbocycles. The maximum absolute atomic E-state index is 13.3. The summed E-state index contributed by atoms with van der Waals surface area (Å²) >= 11 is 0. The van der Waals surface area contributed by atoms with Gasteiger partial charge in [0.15, 0.2) is 0 Å². The van der Waals surface area contributed by atoms with Crippen molar-refractivity contribution in [2.24, 2.45) is 0 Å². The van der Waals surface area contributed by atoms with Crippen molar-refractivity contribution in [1.29, 1.82) is 0 Å². The Morgan fingerprint density at radius 3 is 1.39 bits per heavy atom. The first-order valence-electron chi connectivity index (χ1n) is 10.3. The largest absolute Gasteiger partial charge is 0.457 e. The molecule has 33 heavy (non-hydrogen) atoms. The topological polar surface area (TPSA) is 105 Å². The molecule has 0 atom stereocenters. The zero-order valence-electron chi connectivity index (χ0n) is 18.3. The van der Waals surface area contributed by atoms with Crippen molar-refractivity contribution < 1.29 is 17.9 Å². The highest BCUT2D eigenvalue weighted by molar-refractivity contribution is 7.91. The first-order valence-corrected chi connectivity index (χ1v) is 11.7. The van der Waals surface area contributed by atoms with Gasteiger partial charge in [0.25, 0.3) is 0 Å². The molecular weight excluding hydrogens is 436 g/mol. The maximum atomic E-state index is 13.3. The van der Waals surface area contributed by atoms with Crippen molar-refractivity contribution >= 4 is 21.2 Å². The van der Waals surface area contributed by atoms with E-state index in [2.05, 4.69) is 0 Å². The van der Waals surface area contributed by atoms with E-state index in [1.54, 1.807) is 86.6 Å². The first-order chi connectivity index (χ1) is 15.7. The highest BCUT2D eigenvalue weighted by Gasteiger charge is 2.20. The third-order valence-corrected chi connectivity index (χ3v) is 6.83. The fourth-order valence-corrected chi connectivity index (χ4v) is 4.78. The van der Waals surface area contributed by atoms with Crippen molar-refractivity contribution in [1.82, 2.24) is 0 Å². The summed E-state index contributed by atoms with van der Waals surface area (Å²) < 4.78 is 38.2. The third kappa shape index (κ3) is 4.94. The summed E-state index contributed by atoms with van der Waals surface area (Å²) in [6, 6.07) is 23.7. The van der Waals surface area contributed by atoms with Gasteiger partial charge >= 0.3 is 0 Å². The van der Waals surface area contributed by atoms with Crippen LogP contribution in [0.2, 0.25) is 0 Å². The zero-order chi connectivity index (χ0) is 23.6. The molecule has 4 N–H and O–H groups in total. The van der Waals surface area contributed by atoms with Gasteiger partial charge in [0, 0.05) is 23.5 Å². The minimum absolute atomic E-state index is 0.184. The molecule has 7 heteroatoms. The van der Waals surface area contributed by atoms with E-state index in [9.17, 15) is 8.42 Å². The Kier molecular flexibility index (Phi) is 5.98. The number of nitrogen functional groups attached to an aromatic ring is 2. The Hall–Kier alpha value is -3.97. The predicted octanol–water partition coefficient (Wildman–Crippen LogP) is 5.89. The molecule has 0 radical (unpaired) electrons. The van der Waals surface area contributed by atoms with Crippen molar-refractivity contribution in [3.63, 3.8) is 0 Å². The Bertz CT molecular complexity index is 1330. The number of hydrogen-bond donors (Lipinski definition) is 2. The summed E-state index contributed by atoms with van der Waals surface area (Å²) in [4.78, 5) is 0.368. The van der Waals surface area contributed by atoms with E-state index in [1.807, 2.05) is 0 Å². The van der Waals surface area contributed by atoms with Crippen molar-refractivity contribution in [3.8, 4) is 23.0 Å². The number of nitrogens with two attached hydrogens (primary N) is 2. The Balaban J connectivity index is 1.58. The smallest absolute Gasteiger partial charge is 0.206 e. The lowest BCUT2D eigenvalue weighted by Crippen LogP contribution is -2.03. The highest BCUT2D eigenvalue weighted by atomic mass is 32.2. The highest BCUT2D eigenvalue weighted by Crippen LogP contribution is 2.33. The third-order valence-electron chi connectivity index (χ3n) is 5.09. The molecule has 0 aliphatic heterocycles. The monoisotopic (exact) mass is 460 g/mol. The minimum Gasteiger partial charge on any atom is -0.457 e. The lowest BCUT2D eigenvalue weighted by molar-refractivity contribution is 0.478. The van der Waals surface area contributed by atoms with Gasteiger partial charge in [-0.05, 0) is 85.6 Å². The van der Waals surface area contributed by atoms with E-state index in [1.165, 1.54) is 12.1 Å². The molecule has 0 heterocycles. The van der Waals surface area contributed by atoms with Crippen LogP contribution in [0.5, 0.6) is 23.0 Å². The summed E-state index contributed by atoms with van der Waals surface area (Å²) in [6.07, 6.45) is 0. The number of aryl methyl sites for hydroxylation is 2. The molecule has 4 rings (SSSR count). The van der Waals surface area contributed by atoms with Crippen LogP contribution in [-0.4, -0.2) is 8.42 Å². The molecular formula is C26H24N2O4S. The van der Waals surface area contributed by atoms with Gasteiger partial charge in [0.1, 0.15) is 23.0 Å². The second-order valence-electron chi connectivity index (χ2n) is 7.71. The predicted molar refractivity (Wildman–Crippen MR) is 130 cm³/mol. The molecule has 0 amide bonds. The summed E-state index contributed by atoms with van der Waals surface area (Å²) in [6.45, 7) is 3.60. The Morgan fingerprint density at radius 1 is 0.606 bits per heavy atom. The zero-order valence-corrected chi connectivity index (χ0v) is 19.1. The quantitative estimate of drug-likeness (QED) is 0.348. The van der Waals surface area contributed by atoms with E-state index in [0.29, 0.717) is 45.5 Å². The van der Waals surface area contributed by atoms with Gasteiger partial charge in [-0.25, -0.2) is 8.42 Å². The molecule has 4 aromatic rings. The second kappa shape index (κ2) is 8.88. The Morgan fingerprint density at radius 2 is 1.03 bits per heavy atom. The van der Waals surface area contributed by atoms with E-state index in [0.717, 1.165) is 0 Å². The van der Waals surface area contributed by atoms with Gasteiger partial charge in [0.05, 0.1) is 9.79 Å². The van der Waals surface area contributed by atoms with E-state index >= 15 is 0 Å². The number of ether oxygens (including phenoxy) is 2. The summed E-state index contributed by atoms with van der Waals surface area (Å²) in [5.41, 5.74) is 14.1. The first kappa shape index (κ1) is 22.2. The minimum atomic E-state index is -3.73. The van der Waals surface area contributed by atoms with Crippen LogP contribution in [-0.2, 0) is 9.84 Å². The summed E-state index contributed by atoms with van der Waals surface area (Å²) in [7, 11) is -3.73. The van der Waals surface area contributed by atoms with Crippen LogP contribution in [0.15, 0.2) is 94.7 Å². The van der Waals surface area contributed by atoms with Gasteiger partial charge in [-0.1, -0.05) is 12.1 Å². The van der Waals surface area contributed by atoms with Crippen molar-refractivity contribution in [2.75, 3.05) is 11.5 Å². The molecule has 0 bridgehead atoms. The van der Waals surface area contributed by atoms with Crippen LogP contribution >= 0.6 is 0 Å². The van der Waals surface area contributed by atoms with Crippen LogP contribution in [0.1, 0.15) is 11.1 Å². The number of benzene rings is 4. The van der Waals surface area contributed by atoms with Gasteiger partial charge in [-0.15, -0.1) is 0 Å². The van der Waals surface area contributed by atoms with Crippen LogP contribution in [0.4, 0.5) is 11.4 Å².